The first-order valence-electron chi connectivity index (χ1n) is 7.03. The number of hydrogen-bond donors (Lipinski definition) is 1. The Labute approximate surface area is 129 Å². The normalized spacial score (nSPS) is 19.4. The summed E-state index contributed by atoms with van der Waals surface area (Å²) in [7, 11) is 0. The summed E-state index contributed by atoms with van der Waals surface area (Å²) in [6, 6.07) is 6.75. The van der Waals surface area contributed by atoms with E-state index in [9.17, 15) is 14.7 Å². The van der Waals surface area contributed by atoms with Gasteiger partial charge in [0.15, 0.2) is 0 Å². The maximum Gasteiger partial charge on any atom is 0.327 e. The molecule has 5 heteroatoms. The van der Waals surface area contributed by atoms with Gasteiger partial charge < -0.3 is 10.0 Å². The third-order valence-electron chi connectivity index (χ3n) is 3.64. The number of amides is 1. The topological polar surface area (TPSA) is 57.6 Å². The lowest BCUT2D eigenvalue weighted by Gasteiger charge is -2.34. The average Bonchev–Trinajstić information content (AvgIpc) is 2.45. The van der Waals surface area contributed by atoms with E-state index in [0.717, 1.165) is 11.3 Å². The van der Waals surface area contributed by atoms with Gasteiger partial charge >= 0.3 is 5.97 Å². The van der Waals surface area contributed by atoms with E-state index in [1.165, 1.54) is 4.90 Å². The van der Waals surface area contributed by atoms with Crippen LogP contribution in [0.1, 0.15) is 36.7 Å². The molecule has 1 aromatic carbocycles. The smallest absolute Gasteiger partial charge is 0.327 e. The quantitative estimate of drug-likeness (QED) is 0.912. The zero-order chi connectivity index (χ0) is 15.6. The first-order chi connectivity index (χ1) is 9.82. The summed E-state index contributed by atoms with van der Waals surface area (Å²) in [5.74, 6) is 0.142. The third-order valence-corrected chi connectivity index (χ3v) is 4.66. The maximum atomic E-state index is 12.8. The number of thioether (sulfide) groups is 1. The van der Waals surface area contributed by atoms with Crippen molar-refractivity contribution in [1.82, 2.24) is 4.90 Å². The monoisotopic (exact) mass is 307 g/mol. The molecular weight excluding hydrogens is 286 g/mol. The van der Waals surface area contributed by atoms with Crippen LogP contribution in [0.3, 0.4) is 0 Å². The Balaban J connectivity index is 2.37. The lowest BCUT2D eigenvalue weighted by Crippen LogP contribution is -2.50. The van der Waals surface area contributed by atoms with Crippen LogP contribution in [0, 0.1) is 0 Å². The average molecular weight is 307 g/mol. The molecule has 1 aliphatic heterocycles. The fourth-order valence-corrected chi connectivity index (χ4v) is 3.57. The van der Waals surface area contributed by atoms with E-state index in [1.807, 2.05) is 18.2 Å². The summed E-state index contributed by atoms with van der Waals surface area (Å²) >= 11 is 1.58. The molecule has 1 amide bonds. The Morgan fingerprint density at radius 2 is 1.95 bits per heavy atom. The van der Waals surface area contributed by atoms with Crippen LogP contribution in [0.15, 0.2) is 24.3 Å². The number of carboxylic acid groups (broad SMARTS) is 1. The lowest BCUT2D eigenvalue weighted by molar-refractivity contribution is -0.141. The van der Waals surface area contributed by atoms with Gasteiger partial charge in [0, 0.05) is 23.6 Å². The van der Waals surface area contributed by atoms with Crippen LogP contribution in [0.4, 0.5) is 0 Å². The van der Waals surface area contributed by atoms with Gasteiger partial charge in [-0.1, -0.05) is 39.0 Å². The Hall–Kier alpha value is -1.49. The van der Waals surface area contributed by atoms with Crippen LogP contribution in [0.25, 0.3) is 0 Å². The van der Waals surface area contributed by atoms with Gasteiger partial charge in [-0.3, -0.25) is 4.79 Å². The Morgan fingerprint density at radius 3 is 2.57 bits per heavy atom. The number of benzene rings is 1. The first-order valence-corrected chi connectivity index (χ1v) is 8.19. The van der Waals surface area contributed by atoms with Crippen molar-refractivity contribution < 1.29 is 14.7 Å². The SMILES string of the molecule is CC(C)(C)c1ccccc1C(=O)N1CCSCC1C(=O)O. The number of carbonyl (C=O) groups is 2. The molecule has 1 unspecified atom stereocenters. The minimum atomic E-state index is -0.927. The zero-order valence-electron chi connectivity index (χ0n) is 12.6. The maximum absolute atomic E-state index is 12.8. The molecule has 1 atom stereocenters. The Morgan fingerprint density at radius 1 is 1.29 bits per heavy atom. The van der Waals surface area contributed by atoms with Crippen LogP contribution in [-0.2, 0) is 10.2 Å². The van der Waals surface area contributed by atoms with Crippen LogP contribution in [-0.4, -0.2) is 46.0 Å². The van der Waals surface area contributed by atoms with Crippen molar-refractivity contribution >= 4 is 23.6 Å². The molecule has 21 heavy (non-hydrogen) atoms. The number of carboxylic acids is 1. The minimum absolute atomic E-state index is 0.157. The van der Waals surface area contributed by atoms with Gasteiger partial charge in [-0.2, -0.15) is 11.8 Å². The largest absolute Gasteiger partial charge is 0.480 e. The molecule has 0 saturated carbocycles. The van der Waals surface area contributed by atoms with E-state index in [1.54, 1.807) is 17.8 Å². The van der Waals surface area contributed by atoms with Gasteiger partial charge in [0.05, 0.1) is 0 Å². The first kappa shape index (κ1) is 15.9. The van der Waals surface area contributed by atoms with Gasteiger partial charge in [-0.05, 0) is 17.0 Å². The Kier molecular flexibility index (Phi) is 4.61. The molecule has 1 aliphatic rings. The molecule has 1 N–H and O–H groups in total. The van der Waals surface area contributed by atoms with Crippen molar-refractivity contribution in [3.05, 3.63) is 35.4 Å². The van der Waals surface area contributed by atoms with Gasteiger partial charge in [0.2, 0.25) is 0 Å². The van der Waals surface area contributed by atoms with Crippen LogP contribution < -0.4 is 0 Å². The molecule has 0 radical (unpaired) electrons. The van der Waals surface area contributed by atoms with Crippen LogP contribution in [0.2, 0.25) is 0 Å². The third kappa shape index (κ3) is 3.40. The molecule has 1 fully saturated rings. The van der Waals surface area contributed by atoms with Crippen LogP contribution in [0.5, 0.6) is 0 Å². The van der Waals surface area contributed by atoms with Crippen molar-refractivity contribution in [2.24, 2.45) is 0 Å². The number of hydrogen-bond acceptors (Lipinski definition) is 3. The van der Waals surface area contributed by atoms with Gasteiger partial charge in [-0.25, -0.2) is 4.79 Å². The van der Waals surface area contributed by atoms with Crippen molar-refractivity contribution in [2.45, 2.75) is 32.2 Å². The number of rotatable bonds is 2. The summed E-state index contributed by atoms with van der Waals surface area (Å²) in [5.41, 5.74) is 1.41. The summed E-state index contributed by atoms with van der Waals surface area (Å²) in [6.07, 6.45) is 0. The molecular formula is C16H21NO3S. The van der Waals surface area contributed by atoms with Crippen molar-refractivity contribution in [1.29, 1.82) is 0 Å². The van der Waals surface area contributed by atoms with Gasteiger partial charge in [0.25, 0.3) is 5.91 Å². The fraction of sp³-hybridized carbons (Fsp3) is 0.500. The number of nitrogens with zero attached hydrogens (tertiary/aromatic N) is 1. The van der Waals surface area contributed by atoms with E-state index in [2.05, 4.69) is 20.8 Å². The highest BCUT2D eigenvalue weighted by Crippen LogP contribution is 2.28. The summed E-state index contributed by atoms with van der Waals surface area (Å²) in [5, 5.41) is 9.33. The van der Waals surface area contributed by atoms with Crippen LogP contribution >= 0.6 is 11.8 Å². The molecule has 1 saturated heterocycles. The second kappa shape index (κ2) is 6.10. The van der Waals surface area contributed by atoms with Crippen molar-refractivity contribution in [2.75, 3.05) is 18.1 Å². The number of carbonyl (C=O) groups excluding carboxylic acids is 1. The van der Waals surface area contributed by atoms with Crippen molar-refractivity contribution in [3.63, 3.8) is 0 Å². The minimum Gasteiger partial charge on any atom is -0.480 e. The lowest BCUT2D eigenvalue weighted by atomic mass is 9.83. The summed E-state index contributed by atoms with van der Waals surface area (Å²) in [4.78, 5) is 25.7. The molecule has 0 spiro atoms. The molecule has 1 aromatic rings. The van der Waals surface area contributed by atoms with E-state index < -0.39 is 12.0 Å². The molecule has 4 nitrogen and oxygen atoms in total. The van der Waals surface area contributed by atoms with Crippen molar-refractivity contribution in [3.8, 4) is 0 Å². The second-order valence-corrected chi connectivity index (χ2v) is 7.37. The predicted octanol–water partition coefficient (Wildman–Crippen LogP) is 2.63. The highest BCUT2D eigenvalue weighted by molar-refractivity contribution is 7.99. The molecule has 2 rings (SSSR count). The summed E-state index contributed by atoms with van der Waals surface area (Å²) < 4.78 is 0. The molecule has 114 valence electrons. The van der Waals surface area contributed by atoms with Gasteiger partial charge in [0.1, 0.15) is 6.04 Å². The molecule has 0 aromatic heterocycles. The standard InChI is InChI=1S/C16H21NO3S/c1-16(2,3)12-7-5-4-6-11(12)14(18)17-8-9-21-10-13(17)15(19)20/h4-7,13H,8-10H2,1-3H3,(H,19,20). The van der Waals surface area contributed by atoms with E-state index in [-0.39, 0.29) is 11.3 Å². The highest BCUT2D eigenvalue weighted by atomic mass is 32.2. The molecule has 0 bridgehead atoms. The highest BCUT2D eigenvalue weighted by Gasteiger charge is 2.34. The molecule has 0 aliphatic carbocycles. The summed E-state index contributed by atoms with van der Waals surface area (Å²) in [6.45, 7) is 6.65. The Bertz CT molecular complexity index is 551. The number of aliphatic carboxylic acids is 1. The zero-order valence-corrected chi connectivity index (χ0v) is 13.4. The molecule has 1 heterocycles. The second-order valence-electron chi connectivity index (χ2n) is 6.22. The fourth-order valence-electron chi connectivity index (χ4n) is 2.53. The van der Waals surface area contributed by atoms with E-state index >= 15 is 0 Å². The van der Waals surface area contributed by atoms with Gasteiger partial charge in [-0.15, -0.1) is 0 Å². The predicted molar refractivity (Wildman–Crippen MR) is 84.9 cm³/mol. The van der Waals surface area contributed by atoms with E-state index in [0.29, 0.717) is 17.9 Å². The van der Waals surface area contributed by atoms with E-state index in [4.69, 9.17) is 0 Å².